The Morgan fingerprint density at radius 1 is 1.16 bits per heavy atom. The summed E-state index contributed by atoms with van der Waals surface area (Å²) in [6.45, 7) is 10.3. The average Bonchev–Trinajstić information content (AvgIpc) is 2.70. The first-order valence-corrected chi connectivity index (χ1v) is 6.97. The maximum atomic E-state index is 5.95. The van der Waals surface area contributed by atoms with Crippen molar-refractivity contribution in [3.63, 3.8) is 0 Å². The van der Waals surface area contributed by atoms with Crippen molar-refractivity contribution >= 4 is 11.8 Å². The molecule has 1 aromatic rings. The van der Waals surface area contributed by atoms with Gasteiger partial charge in [0.05, 0.1) is 5.69 Å². The number of nitrogens with one attached hydrogen (secondary N) is 2. The molecule has 2 atom stereocenters. The minimum atomic E-state index is 0.305. The fraction of sp³-hybridized carbons (Fsp3) is 0.692. The highest BCUT2D eigenvalue weighted by Crippen LogP contribution is 2.27. The third-order valence-electron chi connectivity index (χ3n) is 3.76. The van der Waals surface area contributed by atoms with Crippen LogP contribution in [0.5, 0.6) is 0 Å². The van der Waals surface area contributed by atoms with Gasteiger partial charge in [0, 0.05) is 37.2 Å². The van der Waals surface area contributed by atoms with E-state index in [2.05, 4.69) is 48.4 Å². The molecule has 6 heteroatoms. The predicted molar refractivity (Wildman–Crippen MR) is 77.9 cm³/mol. The van der Waals surface area contributed by atoms with E-state index in [1.807, 2.05) is 6.07 Å². The van der Waals surface area contributed by atoms with E-state index in [0.717, 1.165) is 24.7 Å². The molecular formula is C13H24N6. The maximum absolute atomic E-state index is 5.95. The summed E-state index contributed by atoms with van der Waals surface area (Å²) in [5.41, 5.74) is 13.5. The number of hydrogen-bond acceptors (Lipinski definition) is 6. The smallest absolute Gasteiger partial charge is 0.227 e. The number of hydrazine groups is 1. The van der Waals surface area contributed by atoms with Crippen LogP contribution in [0.25, 0.3) is 0 Å². The van der Waals surface area contributed by atoms with Gasteiger partial charge in [-0.05, 0) is 27.7 Å². The molecule has 2 unspecified atom stereocenters. The molecule has 4 N–H and O–H groups in total. The van der Waals surface area contributed by atoms with E-state index in [1.165, 1.54) is 0 Å². The lowest BCUT2D eigenvalue weighted by molar-refractivity contribution is 0.558. The molecule has 0 spiro atoms. The quantitative estimate of drug-likeness (QED) is 0.749. The molecule has 1 aliphatic heterocycles. The van der Waals surface area contributed by atoms with Crippen LogP contribution in [0.2, 0.25) is 0 Å². The molecule has 1 aliphatic rings. The zero-order chi connectivity index (χ0) is 14.0. The van der Waals surface area contributed by atoms with E-state index in [0.29, 0.717) is 23.8 Å². The van der Waals surface area contributed by atoms with Crippen molar-refractivity contribution < 1.29 is 0 Å². The summed E-state index contributed by atoms with van der Waals surface area (Å²) in [6, 6.07) is 2.54. The van der Waals surface area contributed by atoms with Gasteiger partial charge in [0.25, 0.3) is 0 Å². The predicted octanol–water partition coefficient (Wildman–Crippen LogP) is 0.873. The van der Waals surface area contributed by atoms with E-state index >= 15 is 0 Å². The Kier molecular flexibility index (Phi) is 4.21. The van der Waals surface area contributed by atoms with E-state index in [9.17, 15) is 0 Å². The van der Waals surface area contributed by atoms with Crippen molar-refractivity contribution in [1.82, 2.24) is 20.8 Å². The Hall–Kier alpha value is -1.40. The van der Waals surface area contributed by atoms with Gasteiger partial charge in [0.2, 0.25) is 5.95 Å². The summed E-state index contributed by atoms with van der Waals surface area (Å²) < 4.78 is 0. The third kappa shape index (κ3) is 2.79. The number of anilines is 2. The lowest BCUT2D eigenvalue weighted by Crippen LogP contribution is -2.30. The lowest BCUT2D eigenvalue weighted by Gasteiger charge is -2.22. The molecule has 0 amide bonds. The second-order valence-electron chi connectivity index (χ2n) is 5.08. The summed E-state index contributed by atoms with van der Waals surface area (Å²) >= 11 is 0. The highest BCUT2D eigenvalue weighted by molar-refractivity contribution is 5.42. The molecule has 0 aliphatic carbocycles. The summed E-state index contributed by atoms with van der Waals surface area (Å²) in [5, 5.41) is 0. The Morgan fingerprint density at radius 3 is 2.26 bits per heavy atom. The third-order valence-corrected chi connectivity index (χ3v) is 3.76. The SMILES string of the molecule is CCN(CC)c1nc(N)cc(C2C(C)NNC2C)n1. The molecule has 1 fully saturated rings. The molecule has 0 saturated carbocycles. The van der Waals surface area contributed by atoms with E-state index in [4.69, 9.17) is 10.7 Å². The highest BCUT2D eigenvalue weighted by atomic mass is 15.4. The van der Waals surface area contributed by atoms with Crippen LogP contribution in [0, 0.1) is 0 Å². The summed E-state index contributed by atoms with van der Waals surface area (Å²) in [4.78, 5) is 11.2. The molecule has 0 radical (unpaired) electrons. The fourth-order valence-corrected chi connectivity index (χ4v) is 2.68. The molecule has 1 aromatic heterocycles. The minimum absolute atomic E-state index is 0.305. The maximum Gasteiger partial charge on any atom is 0.227 e. The van der Waals surface area contributed by atoms with Crippen molar-refractivity contribution in [1.29, 1.82) is 0 Å². The lowest BCUT2D eigenvalue weighted by atomic mass is 9.93. The van der Waals surface area contributed by atoms with Crippen molar-refractivity contribution in [3.05, 3.63) is 11.8 Å². The molecule has 0 bridgehead atoms. The van der Waals surface area contributed by atoms with Crippen LogP contribution < -0.4 is 21.5 Å². The van der Waals surface area contributed by atoms with Crippen LogP contribution >= 0.6 is 0 Å². The van der Waals surface area contributed by atoms with Crippen LogP contribution in [-0.2, 0) is 0 Å². The highest BCUT2D eigenvalue weighted by Gasteiger charge is 2.33. The van der Waals surface area contributed by atoms with Gasteiger partial charge in [-0.15, -0.1) is 0 Å². The van der Waals surface area contributed by atoms with Crippen molar-refractivity contribution in [2.24, 2.45) is 0 Å². The molecule has 106 valence electrons. The number of nitrogens with zero attached hydrogens (tertiary/aromatic N) is 3. The van der Waals surface area contributed by atoms with Crippen molar-refractivity contribution in [2.45, 2.75) is 45.7 Å². The standard InChI is InChI=1S/C13H24N6/c1-5-19(6-2)13-15-10(7-11(14)16-13)12-8(3)17-18-9(12)4/h7-9,12,17-18H,5-6H2,1-4H3,(H2,14,15,16). The summed E-state index contributed by atoms with van der Waals surface area (Å²) in [6.07, 6.45) is 0. The Morgan fingerprint density at radius 2 is 1.74 bits per heavy atom. The van der Waals surface area contributed by atoms with Gasteiger partial charge in [-0.1, -0.05) is 0 Å². The molecule has 1 saturated heterocycles. The van der Waals surface area contributed by atoms with Gasteiger partial charge in [-0.2, -0.15) is 4.98 Å². The summed E-state index contributed by atoms with van der Waals surface area (Å²) in [5.74, 6) is 1.57. The molecule has 19 heavy (non-hydrogen) atoms. The molecule has 0 aromatic carbocycles. The van der Waals surface area contributed by atoms with Gasteiger partial charge < -0.3 is 10.6 Å². The van der Waals surface area contributed by atoms with Crippen LogP contribution in [0.1, 0.15) is 39.3 Å². The van der Waals surface area contributed by atoms with Gasteiger partial charge in [0.15, 0.2) is 0 Å². The van der Waals surface area contributed by atoms with Crippen molar-refractivity contribution in [3.8, 4) is 0 Å². The zero-order valence-corrected chi connectivity index (χ0v) is 12.1. The van der Waals surface area contributed by atoms with Crippen LogP contribution in [0.3, 0.4) is 0 Å². The Balaban J connectivity index is 2.36. The average molecular weight is 264 g/mol. The largest absolute Gasteiger partial charge is 0.384 e. The number of nitrogen functional groups attached to an aromatic ring is 1. The van der Waals surface area contributed by atoms with Gasteiger partial charge >= 0.3 is 0 Å². The van der Waals surface area contributed by atoms with Crippen LogP contribution in [0.15, 0.2) is 6.07 Å². The monoisotopic (exact) mass is 264 g/mol. The summed E-state index contributed by atoms with van der Waals surface area (Å²) in [7, 11) is 0. The number of aromatic nitrogens is 2. The minimum Gasteiger partial charge on any atom is -0.384 e. The number of rotatable bonds is 4. The van der Waals surface area contributed by atoms with E-state index in [-0.39, 0.29) is 0 Å². The normalized spacial score (nSPS) is 26.6. The van der Waals surface area contributed by atoms with E-state index < -0.39 is 0 Å². The first-order chi connectivity index (χ1) is 9.06. The van der Waals surface area contributed by atoms with Gasteiger partial charge in [0.1, 0.15) is 5.82 Å². The first kappa shape index (κ1) is 14.0. The van der Waals surface area contributed by atoms with Gasteiger partial charge in [-0.3, -0.25) is 10.9 Å². The fourth-order valence-electron chi connectivity index (χ4n) is 2.68. The van der Waals surface area contributed by atoms with E-state index in [1.54, 1.807) is 0 Å². The topological polar surface area (TPSA) is 79.1 Å². The Labute approximate surface area is 114 Å². The molecule has 2 rings (SSSR count). The second-order valence-corrected chi connectivity index (χ2v) is 5.08. The first-order valence-electron chi connectivity index (χ1n) is 6.97. The van der Waals surface area contributed by atoms with Crippen LogP contribution in [0.4, 0.5) is 11.8 Å². The number of nitrogens with two attached hydrogens (primary N) is 1. The van der Waals surface area contributed by atoms with Crippen LogP contribution in [-0.4, -0.2) is 35.1 Å². The molecule has 6 nitrogen and oxygen atoms in total. The van der Waals surface area contributed by atoms with Crippen molar-refractivity contribution in [2.75, 3.05) is 23.7 Å². The molecule has 2 heterocycles. The zero-order valence-electron chi connectivity index (χ0n) is 12.1. The van der Waals surface area contributed by atoms with Gasteiger partial charge in [-0.25, -0.2) is 4.98 Å². The molecular weight excluding hydrogens is 240 g/mol. The second kappa shape index (κ2) is 5.71. The Bertz CT molecular complexity index is 421. The number of hydrogen-bond donors (Lipinski definition) is 3.